The number of carbonyl (C=O) groups is 4. The Bertz CT molecular complexity index is 811. The summed E-state index contributed by atoms with van der Waals surface area (Å²) in [6.07, 6.45) is 10.5. The topological polar surface area (TPSA) is 125 Å². The maximum atomic E-state index is 13.5. The molecule has 2 aliphatic carbocycles. The van der Waals surface area contributed by atoms with Crippen LogP contribution in [0.3, 0.4) is 0 Å². The van der Waals surface area contributed by atoms with Crippen LogP contribution in [0.5, 0.6) is 0 Å². The quantitative estimate of drug-likeness (QED) is 0.207. The number of amides is 3. The largest absolute Gasteiger partial charge is 0.446 e. The monoisotopic (exact) mass is 489 g/mol. The van der Waals surface area contributed by atoms with Gasteiger partial charge in [-0.05, 0) is 51.4 Å². The second-order valence-electron chi connectivity index (χ2n) is 10.0. The van der Waals surface area contributed by atoms with Crippen molar-refractivity contribution in [3.8, 4) is 0 Å². The Morgan fingerprint density at radius 1 is 1.17 bits per heavy atom. The minimum absolute atomic E-state index is 0.0117. The van der Waals surface area contributed by atoms with Gasteiger partial charge in [0.15, 0.2) is 0 Å². The zero-order chi connectivity index (χ0) is 25.4. The van der Waals surface area contributed by atoms with Gasteiger partial charge in [-0.15, -0.1) is 13.2 Å². The molecule has 0 spiro atoms. The third-order valence-corrected chi connectivity index (χ3v) is 7.34. The highest BCUT2D eigenvalue weighted by atomic mass is 16.6. The molecule has 0 unspecified atom stereocenters. The van der Waals surface area contributed by atoms with Crippen LogP contribution in [0.15, 0.2) is 25.3 Å². The molecule has 1 saturated heterocycles. The predicted octanol–water partition coefficient (Wildman–Crippen LogP) is 2.38. The number of likely N-dealkylation sites (tertiary alicyclic amines) is 1. The lowest BCUT2D eigenvalue weighted by atomic mass is 10.0. The van der Waals surface area contributed by atoms with Gasteiger partial charge in [-0.25, -0.2) is 4.79 Å². The van der Waals surface area contributed by atoms with E-state index < -0.39 is 41.6 Å². The van der Waals surface area contributed by atoms with Crippen molar-refractivity contribution >= 4 is 24.2 Å². The number of carbonyl (C=O) groups excluding carboxylic acids is 4. The molecule has 1 heterocycles. The number of nitrogens with zero attached hydrogens (tertiary/aromatic N) is 1. The number of aliphatic hydroxyl groups excluding tert-OH is 1. The van der Waals surface area contributed by atoms with E-state index in [1.54, 1.807) is 6.08 Å². The van der Waals surface area contributed by atoms with Crippen LogP contribution in [-0.4, -0.2) is 70.6 Å². The Morgan fingerprint density at radius 2 is 1.91 bits per heavy atom. The number of alkyl carbamates (subject to hydrolysis) is 1. The van der Waals surface area contributed by atoms with Crippen LogP contribution >= 0.6 is 0 Å². The van der Waals surface area contributed by atoms with E-state index in [0.29, 0.717) is 25.5 Å². The zero-order valence-electron chi connectivity index (χ0n) is 20.5. The Balaban J connectivity index is 1.66. The fourth-order valence-electron chi connectivity index (χ4n) is 5.13. The van der Waals surface area contributed by atoms with Gasteiger partial charge in [0.25, 0.3) is 0 Å². The second-order valence-corrected chi connectivity index (χ2v) is 10.0. The summed E-state index contributed by atoms with van der Waals surface area (Å²) in [5, 5.41) is 15.8. The average molecular weight is 490 g/mol. The highest BCUT2D eigenvalue weighted by Crippen LogP contribution is 2.42. The maximum absolute atomic E-state index is 13.5. The molecule has 0 aromatic heterocycles. The molecule has 0 bridgehead atoms. The number of hydrogen-bond acceptors (Lipinski definition) is 6. The van der Waals surface area contributed by atoms with Crippen molar-refractivity contribution in [2.75, 3.05) is 6.54 Å². The lowest BCUT2D eigenvalue weighted by molar-refractivity contribution is -0.140. The molecule has 9 heteroatoms. The van der Waals surface area contributed by atoms with Crippen LogP contribution < -0.4 is 10.6 Å². The van der Waals surface area contributed by atoms with Gasteiger partial charge >= 0.3 is 6.09 Å². The molecule has 3 aliphatic rings. The molecule has 2 saturated carbocycles. The summed E-state index contributed by atoms with van der Waals surface area (Å²) in [7, 11) is 0. The first kappa shape index (κ1) is 26.9. The summed E-state index contributed by atoms with van der Waals surface area (Å²) in [6.45, 7) is 7.39. The second kappa shape index (κ2) is 12.3. The van der Waals surface area contributed by atoms with Crippen LogP contribution in [0, 0.1) is 5.92 Å². The lowest BCUT2D eigenvalue weighted by Gasteiger charge is -2.29. The van der Waals surface area contributed by atoms with Gasteiger partial charge in [-0.2, -0.15) is 0 Å². The molecule has 3 amide bonds. The van der Waals surface area contributed by atoms with E-state index in [-0.39, 0.29) is 25.0 Å². The predicted molar refractivity (Wildman–Crippen MR) is 130 cm³/mol. The summed E-state index contributed by atoms with van der Waals surface area (Å²) in [4.78, 5) is 52.1. The molecule has 0 aromatic carbocycles. The summed E-state index contributed by atoms with van der Waals surface area (Å²) in [5.41, 5.74) is -0.991. The van der Waals surface area contributed by atoms with Crippen LogP contribution in [0.1, 0.15) is 70.6 Å². The third-order valence-electron chi connectivity index (χ3n) is 7.34. The van der Waals surface area contributed by atoms with E-state index in [9.17, 15) is 24.3 Å². The summed E-state index contributed by atoms with van der Waals surface area (Å²) in [6, 6.07) is -1.79. The minimum atomic E-state index is -0.991. The number of nitrogens with one attached hydrogen (secondary N) is 2. The molecule has 3 fully saturated rings. The van der Waals surface area contributed by atoms with Gasteiger partial charge < -0.3 is 30.2 Å². The van der Waals surface area contributed by atoms with Gasteiger partial charge in [0.1, 0.15) is 30.0 Å². The molecule has 0 aromatic rings. The first-order chi connectivity index (χ1) is 16.8. The number of β-amino-alcohol motifs (C(OH)–C–C–N with tert-alkyl or cyclic N) is 1. The van der Waals surface area contributed by atoms with Gasteiger partial charge in [0, 0.05) is 18.9 Å². The average Bonchev–Trinajstić information content (AvgIpc) is 3.12. The molecule has 5 atom stereocenters. The van der Waals surface area contributed by atoms with Crippen LogP contribution in [0.25, 0.3) is 0 Å². The molecule has 3 N–H and O–H groups in total. The first-order valence-electron chi connectivity index (χ1n) is 12.8. The number of allylic oxidation sites excluding steroid dienone is 1. The standard InChI is InChI=1S/C26H39N3O6/c1-3-5-6-7-8-13-21(27-25(34)35-20-11-9-10-12-20)24(33)29-16-19(31)14-22(29)23(32)28-26(17-30)15-18(26)4-2/h3-4,17-22,31H,1-2,5-16H2,(H,27,34)(H,28,32)/t18-,19+,21+,22+,26+/m1/s1. The van der Waals surface area contributed by atoms with Crippen molar-refractivity contribution in [3.63, 3.8) is 0 Å². The van der Waals surface area contributed by atoms with Crippen LogP contribution in [-0.2, 0) is 19.1 Å². The maximum Gasteiger partial charge on any atom is 0.408 e. The molecule has 9 nitrogen and oxygen atoms in total. The van der Waals surface area contributed by atoms with Crippen molar-refractivity contribution < 1.29 is 29.0 Å². The molecule has 35 heavy (non-hydrogen) atoms. The fourth-order valence-corrected chi connectivity index (χ4v) is 5.13. The van der Waals surface area contributed by atoms with Crippen molar-refractivity contribution in [1.29, 1.82) is 0 Å². The van der Waals surface area contributed by atoms with Crippen molar-refractivity contribution in [3.05, 3.63) is 25.3 Å². The molecular weight excluding hydrogens is 450 g/mol. The summed E-state index contributed by atoms with van der Waals surface area (Å²) < 4.78 is 5.50. The Hall–Kier alpha value is -2.68. The van der Waals surface area contributed by atoms with Crippen molar-refractivity contribution in [2.24, 2.45) is 5.92 Å². The Morgan fingerprint density at radius 3 is 2.54 bits per heavy atom. The first-order valence-corrected chi connectivity index (χ1v) is 12.8. The number of rotatable bonds is 13. The van der Waals surface area contributed by atoms with E-state index in [2.05, 4.69) is 23.8 Å². The number of ether oxygens (including phenoxy) is 1. The number of aldehydes is 1. The smallest absolute Gasteiger partial charge is 0.408 e. The van der Waals surface area contributed by atoms with Crippen molar-refractivity contribution in [2.45, 2.75) is 100 Å². The van der Waals surface area contributed by atoms with Gasteiger partial charge in [0.2, 0.25) is 11.8 Å². The molecule has 1 aliphatic heterocycles. The van der Waals surface area contributed by atoms with E-state index in [0.717, 1.165) is 44.9 Å². The molecular formula is C26H39N3O6. The molecule has 194 valence electrons. The summed E-state index contributed by atoms with van der Waals surface area (Å²) >= 11 is 0. The number of hydrogen-bond donors (Lipinski definition) is 3. The van der Waals surface area contributed by atoms with Gasteiger partial charge in [-0.3, -0.25) is 9.59 Å². The molecule has 3 rings (SSSR count). The van der Waals surface area contributed by atoms with Gasteiger partial charge in [-0.1, -0.05) is 25.0 Å². The summed E-state index contributed by atoms with van der Waals surface area (Å²) in [5.74, 6) is -1.05. The zero-order valence-corrected chi connectivity index (χ0v) is 20.5. The normalized spacial score (nSPS) is 28.7. The van der Waals surface area contributed by atoms with E-state index in [4.69, 9.17) is 4.74 Å². The van der Waals surface area contributed by atoms with E-state index in [1.165, 1.54) is 4.90 Å². The highest BCUT2D eigenvalue weighted by Gasteiger charge is 2.55. The molecule has 0 radical (unpaired) electrons. The number of aliphatic hydroxyl groups is 1. The number of unbranched alkanes of at least 4 members (excludes halogenated alkanes) is 3. The SMILES string of the molecule is C=CCCCCC[C@H](NC(=O)OC1CCCC1)C(=O)N1C[C@@H](O)C[C@H]1C(=O)N[C@]1(C=O)C[C@H]1C=C. The fraction of sp³-hybridized carbons (Fsp3) is 0.692. The highest BCUT2D eigenvalue weighted by molar-refractivity contribution is 5.94. The van der Waals surface area contributed by atoms with E-state index in [1.807, 2.05) is 6.08 Å². The Labute approximate surface area is 207 Å². The van der Waals surface area contributed by atoms with Gasteiger partial charge in [0.05, 0.1) is 6.10 Å². The van der Waals surface area contributed by atoms with E-state index >= 15 is 0 Å². The van der Waals surface area contributed by atoms with Crippen LogP contribution in [0.4, 0.5) is 4.79 Å². The third kappa shape index (κ3) is 6.93. The minimum Gasteiger partial charge on any atom is -0.446 e. The van der Waals surface area contributed by atoms with Crippen molar-refractivity contribution in [1.82, 2.24) is 15.5 Å². The lowest BCUT2D eigenvalue weighted by Crippen LogP contribution is -2.55. The van der Waals surface area contributed by atoms with Crippen LogP contribution in [0.2, 0.25) is 0 Å². The Kier molecular flexibility index (Phi) is 9.48.